The van der Waals surface area contributed by atoms with E-state index in [2.05, 4.69) is 30.7 Å². The van der Waals surface area contributed by atoms with E-state index in [9.17, 15) is 22.4 Å². The fraction of sp³-hybridized carbons (Fsp3) is 0.435. The summed E-state index contributed by atoms with van der Waals surface area (Å²) < 4.78 is 58.7. The van der Waals surface area contributed by atoms with Crippen LogP contribution in [0.5, 0.6) is 0 Å². The smallest absolute Gasteiger partial charge is 0.285 e. The molecule has 4 aromatic rings. The third-order valence-corrected chi connectivity index (χ3v) is 6.52. The van der Waals surface area contributed by atoms with Gasteiger partial charge in [-0.2, -0.15) is 4.98 Å². The molecular formula is C23H25F4N9O2. The monoisotopic (exact) mass is 535 g/mol. The lowest BCUT2D eigenvalue weighted by Crippen LogP contribution is -2.56. The van der Waals surface area contributed by atoms with E-state index in [-0.39, 0.29) is 18.9 Å². The molecule has 0 unspecified atom stereocenters. The van der Waals surface area contributed by atoms with Gasteiger partial charge in [-0.3, -0.25) is 4.79 Å². The average molecular weight is 536 g/mol. The summed E-state index contributed by atoms with van der Waals surface area (Å²) in [6, 6.07) is 3.80. The molecule has 38 heavy (non-hydrogen) atoms. The van der Waals surface area contributed by atoms with E-state index in [4.69, 9.17) is 5.11 Å². The fourth-order valence-corrected chi connectivity index (χ4v) is 4.67. The van der Waals surface area contributed by atoms with Gasteiger partial charge in [0, 0.05) is 25.4 Å². The second kappa shape index (κ2) is 9.70. The van der Waals surface area contributed by atoms with Crippen LogP contribution in [0, 0.1) is 6.92 Å². The van der Waals surface area contributed by atoms with Crippen LogP contribution in [-0.2, 0) is 11.3 Å². The van der Waals surface area contributed by atoms with E-state index >= 15 is 0 Å². The zero-order valence-electron chi connectivity index (χ0n) is 20.5. The lowest BCUT2D eigenvalue weighted by molar-refractivity contribution is -0.145. The third kappa shape index (κ3) is 4.57. The van der Waals surface area contributed by atoms with E-state index < -0.39 is 44.0 Å². The van der Waals surface area contributed by atoms with Gasteiger partial charge in [0.15, 0.2) is 11.5 Å². The number of hydrogen-bond donors (Lipinski definition) is 3. The Hall–Kier alpha value is -4.01. The van der Waals surface area contributed by atoms with Gasteiger partial charge in [-0.15, -0.1) is 5.10 Å². The highest BCUT2D eigenvalue weighted by Crippen LogP contribution is 2.33. The molecule has 1 fully saturated rings. The Balaban J connectivity index is 1.48. The fourth-order valence-electron chi connectivity index (χ4n) is 4.67. The average Bonchev–Trinajstić information content (AvgIpc) is 3.44. The van der Waals surface area contributed by atoms with Gasteiger partial charge >= 0.3 is 0 Å². The Labute approximate surface area is 213 Å². The first-order valence-corrected chi connectivity index (χ1v) is 11.8. The summed E-state index contributed by atoms with van der Waals surface area (Å²) in [5.74, 6) is -3.33. The molecule has 0 aromatic carbocycles. The second-order valence-corrected chi connectivity index (χ2v) is 8.98. The lowest BCUT2D eigenvalue weighted by Gasteiger charge is -2.38. The van der Waals surface area contributed by atoms with Gasteiger partial charge in [0.2, 0.25) is 11.9 Å². The van der Waals surface area contributed by atoms with Crippen LogP contribution in [-0.4, -0.2) is 90.2 Å². The van der Waals surface area contributed by atoms with E-state index in [1.54, 1.807) is 38.4 Å². The van der Waals surface area contributed by atoms with Crippen molar-refractivity contribution in [2.75, 3.05) is 37.4 Å². The molecule has 5 heterocycles. The van der Waals surface area contributed by atoms with Gasteiger partial charge in [-0.25, -0.2) is 32.0 Å². The number of aliphatic hydroxyl groups is 1. The summed E-state index contributed by atoms with van der Waals surface area (Å²) in [4.78, 5) is 25.8. The quantitative estimate of drug-likeness (QED) is 0.308. The molecule has 4 aromatic heterocycles. The number of anilines is 2. The van der Waals surface area contributed by atoms with Crippen LogP contribution in [0.2, 0.25) is 0 Å². The SMILES string of the molecule is CNc1nc(N[C@@H]2CCN(C(=O)CO)CC2(F)F)nn2ccc(-c3ccc4nc(C)n(CC(F)F)c4n3)c12. The van der Waals surface area contributed by atoms with Gasteiger partial charge in [-0.1, -0.05) is 0 Å². The first kappa shape index (κ1) is 25.6. The summed E-state index contributed by atoms with van der Waals surface area (Å²) in [5.41, 5.74) is 2.39. The zero-order valence-corrected chi connectivity index (χ0v) is 20.5. The molecule has 202 valence electrons. The maximum atomic E-state index is 14.8. The third-order valence-electron chi connectivity index (χ3n) is 6.52. The molecule has 15 heteroatoms. The van der Waals surface area contributed by atoms with Crippen molar-refractivity contribution in [1.29, 1.82) is 0 Å². The number of aryl methyl sites for hydroxylation is 1. The Bertz CT molecular complexity index is 1500. The molecule has 0 spiro atoms. The molecular weight excluding hydrogens is 510 g/mol. The van der Waals surface area contributed by atoms with Gasteiger partial charge in [-0.05, 0) is 31.5 Å². The largest absolute Gasteiger partial charge is 0.387 e. The standard InChI is InChI=1S/C23H25F4N9O2/c1-12-29-15-4-3-14(30-21(15)35(12)9-17(24)25)13-5-8-36-19(13)20(28-2)32-22(33-36)31-16-6-7-34(18(38)10-37)11-23(16,26)27/h3-5,8,16-17,37H,6-7,9-11H2,1-2H3,(H2,28,31,32,33)/t16-/m1/s1. The van der Waals surface area contributed by atoms with Crippen LogP contribution in [0.25, 0.3) is 27.9 Å². The van der Waals surface area contributed by atoms with Crippen LogP contribution < -0.4 is 10.6 Å². The number of rotatable bonds is 7. The van der Waals surface area contributed by atoms with Crippen molar-refractivity contribution in [2.24, 2.45) is 0 Å². The summed E-state index contributed by atoms with van der Waals surface area (Å²) in [6.45, 7) is -0.499. The lowest BCUT2D eigenvalue weighted by atomic mass is 10.0. The summed E-state index contributed by atoms with van der Waals surface area (Å²) >= 11 is 0. The highest BCUT2D eigenvalue weighted by atomic mass is 19.3. The van der Waals surface area contributed by atoms with Crippen LogP contribution >= 0.6 is 0 Å². The van der Waals surface area contributed by atoms with Crippen LogP contribution in [0.1, 0.15) is 12.2 Å². The minimum atomic E-state index is -3.28. The molecule has 3 N–H and O–H groups in total. The highest BCUT2D eigenvalue weighted by molar-refractivity contribution is 5.89. The zero-order chi connectivity index (χ0) is 27.2. The minimum absolute atomic E-state index is 0.0512. The van der Waals surface area contributed by atoms with Gasteiger partial charge in [0.25, 0.3) is 12.3 Å². The first-order valence-electron chi connectivity index (χ1n) is 11.8. The van der Waals surface area contributed by atoms with E-state index in [1.165, 1.54) is 9.08 Å². The number of likely N-dealkylation sites (tertiary alicyclic amines) is 1. The number of aromatic nitrogens is 6. The number of piperidine rings is 1. The topological polar surface area (TPSA) is 126 Å². The Morgan fingerprint density at radius 2 is 2.03 bits per heavy atom. The number of halogens is 4. The Morgan fingerprint density at radius 3 is 2.71 bits per heavy atom. The van der Waals surface area contributed by atoms with Crippen LogP contribution in [0.15, 0.2) is 24.4 Å². The molecule has 1 atom stereocenters. The molecule has 0 radical (unpaired) electrons. The number of nitrogens with one attached hydrogen (secondary N) is 2. The second-order valence-electron chi connectivity index (χ2n) is 8.98. The normalized spacial score (nSPS) is 17.5. The Morgan fingerprint density at radius 1 is 1.24 bits per heavy atom. The van der Waals surface area contributed by atoms with Crippen molar-refractivity contribution in [3.8, 4) is 11.3 Å². The minimum Gasteiger partial charge on any atom is -0.387 e. The van der Waals surface area contributed by atoms with Crippen molar-refractivity contribution in [1.82, 2.24) is 34.0 Å². The van der Waals surface area contributed by atoms with E-state index in [1.807, 2.05) is 0 Å². The number of amides is 1. The molecule has 1 aliphatic heterocycles. The molecule has 0 saturated carbocycles. The number of pyridine rings is 1. The molecule has 0 bridgehead atoms. The predicted octanol–water partition coefficient (Wildman–Crippen LogP) is 2.40. The summed E-state index contributed by atoms with van der Waals surface area (Å²) in [5, 5.41) is 19.0. The van der Waals surface area contributed by atoms with Crippen LogP contribution in [0.3, 0.4) is 0 Å². The molecule has 1 amide bonds. The molecule has 1 saturated heterocycles. The van der Waals surface area contributed by atoms with E-state index in [0.717, 1.165) is 4.90 Å². The summed E-state index contributed by atoms with van der Waals surface area (Å²) in [7, 11) is 1.62. The number of aliphatic hydroxyl groups excluding tert-OH is 1. The maximum Gasteiger partial charge on any atom is 0.285 e. The molecule has 5 rings (SSSR count). The van der Waals surface area contributed by atoms with Crippen molar-refractivity contribution in [2.45, 2.75) is 38.3 Å². The van der Waals surface area contributed by atoms with Crippen molar-refractivity contribution < 1.29 is 27.5 Å². The number of nitrogens with zero attached hydrogens (tertiary/aromatic N) is 7. The van der Waals surface area contributed by atoms with Gasteiger partial charge < -0.3 is 25.2 Å². The van der Waals surface area contributed by atoms with Gasteiger partial charge in [0.1, 0.15) is 23.5 Å². The summed E-state index contributed by atoms with van der Waals surface area (Å²) in [6.07, 6.45) is -1.02. The highest BCUT2D eigenvalue weighted by Gasteiger charge is 2.46. The number of fused-ring (bicyclic) bond motifs is 2. The predicted molar refractivity (Wildman–Crippen MR) is 130 cm³/mol. The van der Waals surface area contributed by atoms with E-state index in [0.29, 0.717) is 39.6 Å². The molecule has 0 aliphatic carbocycles. The van der Waals surface area contributed by atoms with Crippen molar-refractivity contribution in [3.63, 3.8) is 0 Å². The Kier molecular flexibility index (Phi) is 6.54. The van der Waals surface area contributed by atoms with Gasteiger partial charge in [0.05, 0.1) is 24.8 Å². The van der Waals surface area contributed by atoms with Crippen molar-refractivity contribution >= 4 is 34.4 Å². The number of hydrogen-bond acceptors (Lipinski definition) is 8. The number of carbonyl (C=O) groups excluding carboxylic acids is 1. The van der Waals surface area contributed by atoms with Crippen LogP contribution in [0.4, 0.5) is 29.3 Å². The molecule has 11 nitrogen and oxygen atoms in total. The maximum absolute atomic E-state index is 14.8. The number of alkyl halides is 4. The van der Waals surface area contributed by atoms with Crippen molar-refractivity contribution in [3.05, 3.63) is 30.2 Å². The first-order chi connectivity index (χ1) is 18.1. The molecule has 1 aliphatic rings. The number of imidazole rings is 1. The number of carbonyl (C=O) groups is 1.